The van der Waals surface area contributed by atoms with Crippen molar-refractivity contribution >= 4 is 11.8 Å². The van der Waals surface area contributed by atoms with Gasteiger partial charge in [-0.1, -0.05) is 38.3 Å². The van der Waals surface area contributed by atoms with E-state index in [-0.39, 0.29) is 36.8 Å². The largest absolute Gasteiger partial charge is 0.467 e. The quantitative estimate of drug-likeness (QED) is 0.400. The molecule has 33 heavy (non-hydrogen) atoms. The van der Waals surface area contributed by atoms with Crippen molar-refractivity contribution in [1.82, 2.24) is 9.80 Å². The summed E-state index contributed by atoms with van der Waals surface area (Å²) in [5.74, 6) is 0.159. The highest BCUT2D eigenvalue weighted by Gasteiger charge is 2.26. The van der Waals surface area contributed by atoms with Crippen molar-refractivity contribution in [2.45, 2.75) is 71.1 Å². The maximum Gasteiger partial charge on any atom is 0.242 e. The summed E-state index contributed by atoms with van der Waals surface area (Å²) in [5.41, 5.74) is 0.813. The number of hydrogen-bond donors (Lipinski definition) is 0. The SMILES string of the molecule is CCCCCCC(=O)N(CC(=O)N(Cc1ccc(F)cc1)Cc1ccco1)CC1CCCO1. The highest BCUT2D eigenvalue weighted by molar-refractivity contribution is 5.84. The zero-order valence-electron chi connectivity index (χ0n) is 19.5. The first kappa shape index (κ1) is 25.0. The average molecular weight is 459 g/mol. The minimum absolute atomic E-state index is 0.00492. The first-order valence-corrected chi connectivity index (χ1v) is 12.0. The number of amides is 2. The van der Waals surface area contributed by atoms with Crippen LogP contribution >= 0.6 is 0 Å². The third kappa shape index (κ3) is 8.31. The van der Waals surface area contributed by atoms with Crippen LogP contribution in [0.3, 0.4) is 0 Å². The van der Waals surface area contributed by atoms with Gasteiger partial charge in [0.25, 0.3) is 0 Å². The second-order valence-electron chi connectivity index (χ2n) is 8.68. The van der Waals surface area contributed by atoms with Crippen LogP contribution in [0.1, 0.15) is 63.2 Å². The lowest BCUT2D eigenvalue weighted by Crippen LogP contribution is -2.45. The summed E-state index contributed by atoms with van der Waals surface area (Å²) in [7, 11) is 0. The number of ether oxygens (including phenoxy) is 1. The lowest BCUT2D eigenvalue weighted by atomic mass is 10.1. The third-order valence-electron chi connectivity index (χ3n) is 5.94. The second kappa shape index (κ2) is 13.1. The molecule has 1 fully saturated rings. The predicted octanol–water partition coefficient (Wildman–Crippen LogP) is 4.93. The Kier molecular flexibility index (Phi) is 9.94. The smallest absolute Gasteiger partial charge is 0.242 e. The monoisotopic (exact) mass is 458 g/mol. The molecule has 2 heterocycles. The zero-order chi connectivity index (χ0) is 23.5. The van der Waals surface area contributed by atoms with E-state index in [1.165, 1.54) is 12.1 Å². The zero-order valence-corrected chi connectivity index (χ0v) is 19.5. The van der Waals surface area contributed by atoms with Crippen molar-refractivity contribution in [2.75, 3.05) is 19.7 Å². The van der Waals surface area contributed by atoms with E-state index < -0.39 is 0 Å². The minimum Gasteiger partial charge on any atom is -0.467 e. The van der Waals surface area contributed by atoms with Crippen LogP contribution in [0.15, 0.2) is 47.1 Å². The Balaban J connectivity index is 1.69. The van der Waals surface area contributed by atoms with Gasteiger partial charge >= 0.3 is 0 Å². The molecule has 1 aliphatic heterocycles. The average Bonchev–Trinajstić information content (AvgIpc) is 3.51. The number of furan rings is 1. The fraction of sp³-hybridized carbons (Fsp3) is 0.538. The van der Waals surface area contributed by atoms with Gasteiger partial charge in [-0.15, -0.1) is 0 Å². The molecule has 2 amide bonds. The standard InChI is InChI=1S/C26H35FN2O4/c1-2-3-4-5-10-25(30)29(19-24-9-7-16-33-24)20-26(31)28(18-23-8-6-15-32-23)17-21-11-13-22(27)14-12-21/h6,8,11-15,24H,2-5,7,9-10,16-20H2,1H3. The van der Waals surface area contributed by atoms with Gasteiger partial charge in [-0.25, -0.2) is 4.39 Å². The fourth-order valence-corrected chi connectivity index (χ4v) is 4.05. The molecule has 1 atom stereocenters. The van der Waals surface area contributed by atoms with E-state index >= 15 is 0 Å². The summed E-state index contributed by atoms with van der Waals surface area (Å²) in [5, 5.41) is 0. The van der Waals surface area contributed by atoms with Crippen molar-refractivity contribution in [3.8, 4) is 0 Å². The molecule has 1 unspecified atom stereocenters. The van der Waals surface area contributed by atoms with Gasteiger partial charge in [-0.05, 0) is 49.1 Å². The van der Waals surface area contributed by atoms with Crippen molar-refractivity contribution in [2.24, 2.45) is 0 Å². The van der Waals surface area contributed by atoms with Gasteiger partial charge in [0.2, 0.25) is 11.8 Å². The van der Waals surface area contributed by atoms with Gasteiger partial charge in [-0.2, -0.15) is 0 Å². The molecule has 1 aromatic heterocycles. The molecule has 7 heteroatoms. The van der Waals surface area contributed by atoms with E-state index in [0.717, 1.165) is 44.1 Å². The number of hydrogen-bond acceptors (Lipinski definition) is 4. The Morgan fingerprint density at radius 3 is 2.52 bits per heavy atom. The molecule has 3 rings (SSSR count). The Morgan fingerprint density at radius 2 is 1.85 bits per heavy atom. The van der Waals surface area contributed by atoms with Gasteiger partial charge in [0.05, 0.1) is 25.5 Å². The van der Waals surface area contributed by atoms with Crippen LogP contribution in [0.4, 0.5) is 4.39 Å². The van der Waals surface area contributed by atoms with E-state index in [2.05, 4.69) is 6.92 Å². The highest BCUT2D eigenvalue weighted by atomic mass is 19.1. The molecule has 2 aromatic rings. The van der Waals surface area contributed by atoms with E-state index in [4.69, 9.17) is 9.15 Å². The summed E-state index contributed by atoms with van der Waals surface area (Å²) in [6, 6.07) is 9.69. The number of rotatable bonds is 13. The molecule has 0 aliphatic carbocycles. The molecular formula is C26H35FN2O4. The minimum atomic E-state index is -0.320. The molecule has 0 bridgehead atoms. The maximum absolute atomic E-state index is 13.4. The number of nitrogens with zero attached hydrogens (tertiary/aromatic N) is 2. The van der Waals surface area contributed by atoms with E-state index in [0.29, 0.717) is 31.9 Å². The number of carbonyl (C=O) groups excluding carboxylic acids is 2. The summed E-state index contributed by atoms with van der Waals surface area (Å²) in [4.78, 5) is 29.7. The van der Waals surface area contributed by atoms with Crippen molar-refractivity contribution < 1.29 is 23.1 Å². The van der Waals surface area contributed by atoms with Crippen LogP contribution in [0.25, 0.3) is 0 Å². The van der Waals surface area contributed by atoms with Crippen LogP contribution in [-0.2, 0) is 27.4 Å². The number of halogens is 1. The van der Waals surface area contributed by atoms with Crippen LogP contribution < -0.4 is 0 Å². The van der Waals surface area contributed by atoms with Crippen LogP contribution in [0.5, 0.6) is 0 Å². The van der Waals surface area contributed by atoms with Gasteiger partial charge in [-0.3, -0.25) is 9.59 Å². The van der Waals surface area contributed by atoms with Crippen LogP contribution in [0, 0.1) is 5.82 Å². The first-order chi connectivity index (χ1) is 16.0. The maximum atomic E-state index is 13.4. The Morgan fingerprint density at radius 1 is 1.03 bits per heavy atom. The fourth-order valence-electron chi connectivity index (χ4n) is 4.05. The lowest BCUT2D eigenvalue weighted by Gasteiger charge is -2.29. The molecule has 6 nitrogen and oxygen atoms in total. The van der Waals surface area contributed by atoms with E-state index in [1.807, 2.05) is 6.07 Å². The second-order valence-corrected chi connectivity index (χ2v) is 8.68. The number of carbonyl (C=O) groups is 2. The molecular weight excluding hydrogens is 423 g/mol. The lowest BCUT2D eigenvalue weighted by molar-refractivity contribution is -0.142. The molecule has 1 aliphatic rings. The van der Waals surface area contributed by atoms with Crippen molar-refractivity contribution in [3.63, 3.8) is 0 Å². The molecule has 1 aromatic carbocycles. The van der Waals surface area contributed by atoms with Crippen LogP contribution in [-0.4, -0.2) is 47.4 Å². The Hall–Kier alpha value is -2.67. The number of benzene rings is 1. The molecule has 0 N–H and O–H groups in total. The van der Waals surface area contributed by atoms with Crippen molar-refractivity contribution in [1.29, 1.82) is 0 Å². The van der Waals surface area contributed by atoms with Gasteiger partial charge < -0.3 is 19.0 Å². The van der Waals surface area contributed by atoms with Gasteiger partial charge in [0.15, 0.2) is 0 Å². The summed E-state index contributed by atoms with van der Waals surface area (Å²) >= 11 is 0. The Labute approximate surface area is 195 Å². The number of unbranched alkanes of at least 4 members (excludes halogenated alkanes) is 3. The first-order valence-electron chi connectivity index (χ1n) is 12.0. The molecule has 0 radical (unpaired) electrons. The normalized spacial score (nSPS) is 15.5. The molecule has 0 saturated carbocycles. The third-order valence-corrected chi connectivity index (χ3v) is 5.94. The van der Waals surface area contributed by atoms with Crippen molar-refractivity contribution in [3.05, 3.63) is 59.8 Å². The highest BCUT2D eigenvalue weighted by Crippen LogP contribution is 2.17. The summed E-state index contributed by atoms with van der Waals surface area (Å²) < 4.78 is 24.5. The van der Waals surface area contributed by atoms with Gasteiger partial charge in [0.1, 0.15) is 11.6 Å². The Bertz CT molecular complexity index is 848. The molecule has 0 spiro atoms. The summed E-state index contributed by atoms with van der Waals surface area (Å²) in [6.45, 7) is 3.85. The van der Waals surface area contributed by atoms with E-state index in [9.17, 15) is 14.0 Å². The predicted molar refractivity (Wildman–Crippen MR) is 124 cm³/mol. The van der Waals surface area contributed by atoms with Crippen LogP contribution in [0.2, 0.25) is 0 Å². The topological polar surface area (TPSA) is 63.0 Å². The van der Waals surface area contributed by atoms with E-state index in [1.54, 1.807) is 34.3 Å². The van der Waals surface area contributed by atoms with Gasteiger partial charge in [0, 0.05) is 26.1 Å². The molecule has 180 valence electrons. The summed E-state index contributed by atoms with van der Waals surface area (Å²) in [6.07, 6.45) is 7.92. The molecule has 1 saturated heterocycles.